The summed E-state index contributed by atoms with van der Waals surface area (Å²) in [7, 11) is 0. The van der Waals surface area contributed by atoms with Crippen molar-refractivity contribution < 1.29 is 0 Å². The first kappa shape index (κ1) is 13.8. The first-order valence-electron chi connectivity index (χ1n) is 7.50. The van der Waals surface area contributed by atoms with E-state index in [2.05, 4.69) is 50.4 Å². The molecule has 2 nitrogen and oxygen atoms in total. The molecule has 0 amide bonds. The topological polar surface area (TPSA) is 24.9 Å². The molecule has 3 rings (SSSR count). The van der Waals surface area contributed by atoms with E-state index in [1.807, 2.05) is 11.3 Å². The van der Waals surface area contributed by atoms with Gasteiger partial charge >= 0.3 is 0 Å². The third-order valence-corrected chi connectivity index (χ3v) is 5.32. The molecule has 3 heteroatoms. The number of thiazole rings is 1. The first-order valence-corrected chi connectivity index (χ1v) is 8.32. The zero-order valence-corrected chi connectivity index (χ0v) is 13.3. The number of aryl methyl sites for hydroxylation is 1. The lowest BCUT2D eigenvalue weighted by Gasteiger charge is -2.10. The number of rotatable bonds is 5. The van der Waals surface area contributed by atoms with Gasteiger partial charge in [0.2, 0.25) is 0 Å². The van der Waals surface area contributed by atoms with Gasteiger partial charge in [0.25, 0.3) is 0 Å². The van der Waals surface area contributed by atoms with Crippen LogP contribution in [0.5, 0.6) is 0 Å². The SMILES string of the molecule is CCNC(C)c1sc(-c2ccccc2C2CC2)nc1C. The third-order valence-electron chi connectivity index (χ3n) is 3.94. The molecule has 106 valence electrons. The van der Waals surface area contributed by atoms with E-state index >= 15 is 0 Å². The molecule has 1 saturated carbocycles. The van der Waals surface area contributed by atoms with Crippen molar-refractivity contribution in [2.24, 2.45) is 0 Å². The Kier molecular flexibility index (Phi) is 3.90. The fourth-order valence-electron chi connectivity index (χ4n) is 2.77. The molecule has 0 spiro atoms. The Morgan fingerprint density at radius 3 is 2.80 bits per heavy atom. The van der Waals surface area contributed by atoms with E-state index in [1.165, 1.54) is 39.5 Å². The highest BCUT2D eigenvalue weighted by molar-refractivity contribution is 7.15. The van der Waals surface area contributed by atoms with Gasteiger partial charge in [-0.25, -0.2) is 4.98 Å². The summed E-state index contributed by atoms with van der Waals surface area (Å²) in [6, 6.07) is 9.18. The highest BCUT2D eigenvalue weighted by Gasteiger charge is 2.27. The molecule has 1 aliphatic carbocycles. The van der Waals surface area contributed by atoms with Gasteiger partial charge in [0.15, 0.2) is 0 Å². The Labute approximate surface area is 125 Å². The van der Waals surface area contributed by atoms with E-state index in [0.29, 0.717) is 6.04 Å². The zero-order chi connectivity index (χ0) is 14.1. The van der Waals surface area contributed by atoms with E-state index in [-0.39, 0.29) is 0 Å². The van der Waals surface area contributed by atoms with Crippen molar-refractivity contribution in [2.75, 3.05) is 6.54 Å². The summed E-state index contributed by atoms with van der Waals surface area (Å²) in [6.45, 7) is 7.49. The summed E-state index contributed by atoms with van der Waals surface area (Å²) in [5.41, 5.74) is 4.01. The lowest BCUT2D eigenvalue weighted by atomic mass is 10.0. The average molecular weight is 286 g/mol. The minimum Gasteiger partial charge on any atom is -0.310 e. The van der Waals surface area contributed by atoms with E-state index in [9.17, 15) is 0 Å². The second-order valence-corrected chi connectivity index (χ2v) is 6.64. The van der Waals surface area contributed by atoms with E-state index in [4.69, 9.17) is 4.98 Å². The van der Waals surface area contributed by atoms with Crippen LogP contribution in [0.4, 0.5) is 0 Å². The molecule has 2 aromatic rings. The molecule has 1 heterocycles. The molecule has 20 heavy (non-hydrogen) atoms. The fraction of sp³-hybridized carbons (Fsp3) is 0.471. The van der Waals surface area contributed by atoms with Crippen molar-refractivity contribution in [1.29, 1.82) is 0 Å². The number of hydrogen-bond donors (Lipinski definition) is 1. The highest BCUT2D eigenvalue weighted by Crippen LogP contribution is 2.45. The van der Waals surface area contributed by atoms with Crippen LogP contribution in [0.15, 0.2) is 24.3 Å². The molecule has 0 saturated heterocycles. The Hall–Kier alpha value is -1.19. The van der Waals surface area contributed by atoms with Gasteiger partial charge in [-0.1, -0.05) is 31.2 Å². The Bertz CT molecular complexity index is 599. The Morgan fingerprint density at radius 2 is 2.10 bits per heavy atom. The van der Waals surface area contributed by atoms with Crippen molar-refractivity contribution >= 4 is 11.3 Å². The normalized spacial score (nSPS) is 16.4. The highest BCUT2D eigenvalue weighted by atomic mass is 32.1. The monoisotopic (exact) mass is 286 g/mol. The molecule has 1 aliphatic rings. The summed E-state index contributed by atoms with van der Waals surface area (Å²) in [6.07, 6.45) is 2.67. The smallest absolute Gasteiger partial charge is 0.124 e. The van der Waals surface area contributed by atoms with Crippen LogP contribution >= 0.6 is 11.3 Å². The van der Waals surface area contributed by atoms with Gasteiger partial charge < -0.3 is 5.32 Å². The van der Waals surface area contributed by atoms with Crippen LogP contribution in [-0.2, 0) is 0 Å². The predicted octanol–water partition coefficient (Wildman–Crippen LogP) is 4.67. The van der Waals surface area contributed by atoms with Crippen molar-refractivity contribution in [2.45, 2.75) is 45.6 Å². The molecule has 0 radical (unpaired) electrons. The number of hydrogen-bond acceptors (Lipinski definition) is 3. The van der Waals surface area contributed by atoms with Gasteiger partial charge in [0, 0.05) is 16.5 Å². The molecule has 1 aromatic heterocycles. The lowest BCUT2D eigenvalue weighted by molar-refractivity contribution is 0.603. The van der Waals surface area contributed by atoms with Crippen molar-refractivity contribution in [1.82, 2.24) is 10.3 Å². The number of benzene rings is 1. The maximum atomic E-state index is 4.83. The fourth-order valence-corrected chi connectivity index (χ4v) is 3.91. The molecule has 1 unspecified atom stereocenters. The summed E-state index contributed by atoms with van der Waals surface area (Å²) < 4.78 is 0. The van der Waals surface area contributed by atoms with Gasteiger partial charge in [-0.3, -0.25) is 0 Å². The predicted molar refractivity (Wildman–Crippen MR) is 86.4 cm³/mol. The third kappa shape index (κ3) is 2.65. The molecule has 1 atom stereocenters. The molecule has 0 aliphatic heterocycles. The standard InChI is InChI=1S/C17H22N2S/c1-4-18-11(2)16-12(3)19-17(20-16)15-8-6-5-7-14(15)13-9-10-13/h5-8,11,13,18H,4,9-10H2,1-3H3. The minimum atomic E-state index is 0.388. The summed E-state index contributed by atoms with van der Waals surface area (Å²) in [5, 5.41) is 4.67. The van der Waals surface area contributed by atoms with Crippen molar-refractivity contribution in [3.63, 3.8) is 0 Å². The van der Waals surface area contributed by atoms with E-state index in [1.54, 1.807) is 0 Å². The zero-order valence-electron chi connectivity index (χ0n) is 12.4. The van der Waals surface area contributed by atoms with Crippen molar-refractivity contribution in [3.8, 4) is 10.6 Å². The van der Waals surface area contributed by atoms with Crippen LogP contribution in [0.1, 0.15) is 54.8 Å². The van der Waals surface area contributed by atoms with Gasteiger partial charge in [-0.2, -0.15) is 0 Å². The summed E-state index contributed by atoms with van der Waals surface area (Å²) in [5.74, 6) is 0.769. The number of nitrogens with zero attached hydrogens (tertiary/aromatic N) is 1. The second kappa shape index (κ2) is 5.66. The largest absolute Gasteiger partial charge is 0.310 e. The van der Waals surface area contributed by atoms with Crippen LogP contribution in [-0.4, -0.2) is 11.5 Å². The van der Waals surface area contributed by atoms with Crippen LogP contribution in [0.3, 0.4) is 0 Å². The maximum Gasteiger partial charge on any atom is 0.124 e. The van der Waals surface area contributed by atoms with E-state index < -0.39 is 0 Å². The van der Waals surface area contributed by atoms with E-state index in [0.717, 1.165) is 12.5 Å². The van der Waals surface area contributed by atoms with Crippen LogP contribution in [0.2, 0.25) is 0 Å². The Balaban J connectivity index is 1.97. The molecule has 0 bridgehead atoms. The van der Waals surface area contributed by atoms with Crippen LogP contribution in [0.25, 0.3) is 10.6 Å². The molecule has 1 aromatic carbocycles. The van der Waals surface area contributed by atoms with Crippen LogP contribution < -0.4 is 5.32 Å². The lowest BCUT2D eigenvalue weighted by Crippen LogP contribution is -2.17. The average Bonchev–Trinajstić information content (AvgIpc) is 3.22. The number of nitrogens with one attached hydrogen (secondary N) is 1. The molecular formula is C17H22N2S. The number of aromatic nitrogens is 1. The maximum absolute atomic E-state index is 4.83. The van der Waals surface area contributed by atoms with Gasteiger partial charge in [-0.05, 0) is 44.7 Å². The summed E-state index contributed by atoms with van der Waals surface area (Å²) in [4.78, 5) is 6.20. The summed E-state index contributed by atoms with van der Waals surface area (Å²) >= 11 is 1.85. The molecule has 1 fully saturated rings. The van der Waals surface area contributed by atoms with Gasteiger partial charge in [-0.15, -0.1) is 11.3 Å². The molecule has 1 N–H and O–H groups in total. The van der Waals surface area contributed by atoms with Gasteiger partial charge in [0.1, 0.15) is 5.01 Å². The van der Waals surface area contributed by atoms with Crippen molar-refractivity contribution in [3.05, 3.63) is 40.4 Å². The minimum absolute atomic E-state index is 0.388. The first-order chi connectivity index (χ1) is 9.70. The Morgan fingerprint density at radius 1 is 1.35 bits per heavy atom. The van der Waals surface area contributed by atoms with Crippen LogP contribution in [0, 0.1) is 6.92 Å². The molecular weight excluding hydrogens is 264 g/mol. The second-order valence-electron chi connectivity index (χ2n) is 5.61. The quantitative estimate of drug-likeness (QED) is 0.864. The van der Waals surface area contributed by atoms with Gasteiger partial charge in [0.05, 0.1) is 5.69 Å².